The summed E-state index contributed by atoms with van der Waals surface area (Å²) in [7, 11) is 0. The number of carbonyl (C=O) groups is 1. The summed E-state index contributed by atoms with van der Waals surface area (Å²) in [5.41, 5.74) is 0.347. The van der Waals surface area contributed by atoms with Crippen LogP contribution in [0.3, 0.4) is 0 Å². The number of carbonyl (C=O) groups excluding carboxylic acids is 1. The third kappa shape index (κ3) is 4.78. The molecule has 0 radical (unpaired) electrons. The molecule has 4 heteroatoms. The van der Waals surface area contributed by atoms with Crippen LogP contribution in [0.25, 0.3) is 0 Å². The van der Waals surface area contributed by atoms with Crippen molar-refractivity contribution in [2.45, 2.75) is 39.2 Å². The molecule has 0 aromatic rings. The maximum atomic E-state index is 12.2. The summed E-state index contributed by atoms with van der Waals surface area (Å²) < 4.78 is 0. The van der Waals surface area contributed by atoms with Gasteiger partial charge in [-0.1, -0.05) is 12.2 Å². The molecule has 1 fully saturated rings. The van der Waals surface area contributed by atoms with E-state index in [-0.39, 0.29) is 5.91 Å². The number of likely N-dealkylation sites (N-methyl/N-ethyl adjacent to an activating group) is 1. The fourth-order valence-electron chi connectivity index (χ4n) is 2.45. The highest BCUT2D eigenvalue weighted by Crippen LogP contribution is 2.20. The van der Waals surface area contributed by atoms with Crippen LogP contribution in [0.5, 0.6) is 0 Å². The van der Waals surface area contributed by atoms with Gasteiger partial charge in [0.15, 0.2) is 0 Å². The zero-order valence-electron chi connectivity index (χ0n) is 11.9. The Hall–Kier alpha value is -0.870. The number of likely N-dealkylation sites (tertiary alicyclic amines) is 1. The van der Waals surface area contributed by atoms with Gasteiger partial charge in [-0.25, -0.2) is 0 Å². The van der Waals surface area contributed by atoms with E-state index in [1.807, 2.05) is 30.6 Å². The van der Waals surface area contributed by atoms with E-state index in [1.165, 1.54) is 0 Å². The van der Waals surface area contributed by atoms with Gasteiger partial charge in [0, 0.05) is 19.6 Å². The molecule has 0 saturated carbocycles. The highest BCUT2D eigenvalue weighted by Gasteiger charge is 2.29. The van der Waals surface area contributed by atoms with E-state index in [1.54, 1.807) is 0 Å². The van der Waals surface area contributed by atoms with Crippen LogP contribution in [0, 0.1) is 0 Å². The van der Waals surface area contributed by atoms with Gasteiger partial charge >= 0.3 is 0 Å². The Morgan fingerprint density at radius 3 is 2.72 bits per heavy atom. The van der Waals surface area contributed by atoms with Crippen LogP contribution in [0.15, 0.2) is 12.2 Å². The van der Waals surface area contributed by atoms with Gasteiger partial charge in [-0.2, -0.15) is 0 Å². The number of piperidine rings is 1. The van der Waals surface area contributed by atoms with E-state index in [9.17, 15) is 9.90 Å². The molecular weight excluding hydrogens is 228 g/mol. The Balaban J connectivity index is 2.50. The maximum Gasteiger partial charge on any atom is 0.237 e. The highest BCUT2D eigenvalue weighted by molar-refractivity contribution is 5.78. The van der Waals surface area contributed by atoms with Crippen molar-refractivity contribution in [3.8, 4) is 0 Å². The molecule has 0 aliphatic carbocycles. The lowest BCUT2D eigenvalue weighted by molar-refractivity contribution is -0.133. The molecule has 0 bridgehead atoms. The van der Waals surface area contributed by atoms with Gasteiger partial charge in [-0.15, -0.1) is 0 Å². The van der Waals surface area contributed by atoms with E-state index in [0.717, 1.165) is 25.0 Å². The van der Waals surface area contributed by atoms with Crippen molar-refractivity contribution in [1.82, 2.24) is 9.80 Å². The second kappa shape index (κ2) is 6.34. The summed E-state index contributed by atoms with van der Waals surface area (Å²) in [4.78, 5) is 16.0. The van der Waals surface area contributed by atoms with E-state index in [4.69, 9.17) is 0 Å². The first-order valence-corrected chi connectivity index (χ1v) is 6.71. The van der Waals surface area contributed by atoms with Crippen LogP contribution in [0.1, 0.15) is 33.6 Å². The van der Waals surface area contributed by atoms with Crippen molar-refractivity contribution in [2.24, 2.45) is 0 Å². The molecule has 1 unspecified atom stereocenters. The zero-order chi connectivity index (χ0) is 13.8. The smallest absolute Gasteiger partial charge is 0.237 e. The summed E-state index contributed by atoms with van der Waals surface area (Å²) in [6.45, 7) is 12.8. The first kappa shape index (κ1) is 15.2. The highest BCUT2D eigenvalue weighted by atomic mass is 16.3. The molecule has 0 spiro atoms. The number of hydrogen-bond donors (Lipinski definition) is 1. The average Bonchev–Trinajstić information content (AvgIpc) is 2.23. The lowest BCUT2D eigenvalue weighted by atomic mass is 9.95. The molecule has 1 atom stereocenters. The van der Waals surface area contributed by atoms with Gasteiger partial charge in [0.05, 0.1) is 12.1 Å². The Kier molecular flexibility index (Phi) is 5.35. The van der Waals surface area contributed by atoms with E-state index in [2.05, 4.69) is 6.58 Å². The monoisotopic (exact) mass is 254 g/mol. The normalized spacial score (nSPS) is 24.9. The minimum Gasteiger partial charge on any atom is -0.389 e. The van der Waals surface area contributed by atoms with Crippen molar-refractivity contribution in [1.29, 1.82) is 0 Å². The largest absolute Gasteiger partial charge is 0.389 e. The van der Waals surface area contributed by atoms with Gasteiger partial charge in [-0.3, -0.25) is 9.69 Å². The number of nitrogens with zero attached hydrogens (tertiary/aromatic N) is 2. The molecule has 1 N–H and O–H groups in total. The van der Waals surface area contributed by atoms with Gasteiger partial charge < -0.3 is 10.0 Å². The van der Waals surface area contributed by atoms with Crippen molar-refractivity contribution in [2.75, 3.05) is 32.7 Å². The standard InChI is InChI=1S/C14H26N2O2/c1-5-16(9-12(2)3)13(17)10-15-8-6-7-14(4,18)11-15/h18H,2,5-11H2,1,3-4H3. The van der Waals surface area contributed by atoms with Crippen molar-refractivity contribution in [3.63, 3.8) is 0 Å². The Labute approximate surface area is 110 Å². The molecule has 1 amide bonds. The number of hydrogen-bond acceptors (Lipinski definition) is 3. The van der Waals surface area contributed by atoms with Crippen LogP contribution >= 0.6 is 0 Å². The fourth-order valence-corrected chi connectivity index (χ4v) is 2.45. The summed E-state index contributed by atoms with van der Waals surface area (Å²) >= 11 is 0. The predicted octanol–water partition coefficient (Wildman–Crippen LogP) is 1.26. The van der Waals surface area contributed by atoms with Crippen LogP contribution in [-0.4, -0.2) is 59.1 Å². The number of rotatable bonds is 5. The van der Waals surface area contributed by atoms with Crippen LogP contribution in [0.2, 0.25) is 0 Å². The average molecular weight is 254 g/mol. The molecule has 4 nitrogen and oxygen atoms in total. The van der Waals surface area contributed by atoms with Crippen molar-refractivity contribution in [3.05, 3.63) is 12.2 Å². The fraction of sp³-hybridized carbons (Fsp3) is 0.786. The van der Waals surface area contributed by atoms with Crippen molar-refractivity contribution < 1.29 is 9.90 Å². The van der Waals surface area contributed by atoms with Gasteiger partial charge in [0.1, 0.15) is 0 Å². The Morgan fingerprint density at radius 2 is 2.22 bits per heavy atom. The Bertz CT molecular complexity index is 313. The lowest BCUT2D eigenvalue weighted by Crippen LogP contribution is -2.50. The molecule has 1 aliphatic rings. The minimum absolute atomic E-state index is 0.123. The molecule has 1 saturated heterocycles. The van der Waals surface area contributed by atoms with Crippen LogP contribution in [0.4, 0.5) is 0 Å². The molecule has 104 valence electrons. The lowest BCUT2D eigenvalue weighted by Gasteiger charge is -2.37. The molecule has 18 heavy (non-hydrogen) atoms. The van der Waals surface area contributed by atoms with E-state index < -0.39 is 5.60 Å². The molecule has 0 aromatic heterocycles. The molecule has 1 rings (SSSR count). The van der Waals surface area contributed by atoms with E-state index in [0.29, 0.717) is 26.2 Å². The number of amides is 1. The summed E-state index contributed by atoms with van der Waals surface area (Å²) in [6.07, 6.45) is 1.77. The van der Waals surface area contributed by atoms with Gasteiger partial charge in [0.25, 0.3) is 0 Å². The third-order valence-corrected chi connectivity index (χ3v) is 3.31. The quantitative estimate of drug-likeness (QED) is 0.751. The Morgan fingerprint density at radius 1 is 1.56 bits per heavy atom. The van der Waals surface area contributed by atoms with Gasteiger partial charge in [0.2, 0.25) is 5.91 Å². The molecule has 0 aromatic carbocycles. The molecule has 1 heterocycles. The first-order chi connectivity index (χ1) is 8.34. The molecular formula is C14H26N2O2. The minimum atomic E-state index is -0.649. The van der Waals surface area contributed by atoms with Crippen LogP contribution in [-0.2, 0) is 4.79 Å². The molecule has 1 aliphatic heterocycles. The number of β-amino-alcohol motifs (C(OH)–C–C–N with tert-alkyl or cyclic N) is 1. The summed E-state index contributed by atoms with van der Waals surface area (Å²) in [5.74, 6) is 0.123. The summed E-state index contributed by atoms with van der Waals surface area (Å²) in [5, 5.41) is 10.0. The second-order valence-corrected chi connectivity index (χ2v) is 5.68. The predicted molar refractivity (Wildman–Crippen MR) is 73.4 cm³/mol. The first-order valence-electron chi connectivity index (χ1n) is 6.71. The van der Waals surface area contributed by atoms with Gasteiger partial charge in [-0.05, 0) is 40.2 Å². The van der Waals surface area contributed by atoms with Crippen LogP contribution < -0.4 is 0 Å². The maximum absolute atomic E-state index is 12.2. The number of aliphatic hydroxyl groups is 1. The summed E-state index contributed by atoms with van der Waals surface area (Å²) in [6, 6.07) is 0. The van der Waals surface area contributed by atoms with Crippen molar-refractivity contribution >= 4 is 5.91 Å². The topological polar surface area (TPSA) is 43.8 Å². The second-order valence-electron chi connectivity index (χ2n) is 5.68. The van der Waals surface area contributed by atoms with E-state index >= 15 is 0 Å². The third-order valence-electron chi connectivity index (χ3n) is 3.31. The zero-order valence-corrected chi connectivity index (χ0v) is 11.9. The SMILES string of the molecule is C=C(C)CN(CC)C(=O)CN1CCCC(C)(O)C1.